The highest BCUT2D eigenvalue weighted by molar-refractivity contribution is 14.1. The predicted molar refractivity (Wildman–Crippen MR) is 83.5 cm³/mol. The molecule has 7 nitrogen and oxygen atoms in total. The summed E-state index contributed by atoms with van der Waals surface area (Å²) in [5, 5.41) is 18.5. The maximum atomic E-state index is 13.2. The van der Waals surface area contributed by atoms with Gasteiger partial charge in [-0.1, -0.05) is 6.07 Å². The van der Waals surface area contributed by atoms with Gasteiger partial charge in [-0.15, -0.1) is 0 Å². The third-order valence-electron chi connectivity index (χ3n) is 2.87. The van der Waals surface area contributed by atoms with E-state index in [1.807, 2.05) is 4.98 Å². The van der Waals surface area contributed by atoms with Crippen molar-refractivity contribution < 1.29 is 24.2 Å². The van der Waals surface area contributed by atoms with Gasteiger partial charge in [0.1, 0.15) is 22.8 Å². The van der Waals surface area contributed by atoms with Crippen LogP contribution in [0.3, 0.4) is 0 Å². The number of pyridine rings is 1. The molecule has 0 bridgehead atoms. The summed E-state index contributed by atoms with van der Waals surface area (Å²) in [6, 6.07) is 3.32. The van der Waals surface area contributed by atoms with Crippen molar-refractivity contribution >= 4 is 40.3 Å². The number of aromatic carboxylic acids is 2. The molecule has 0 unspecified atom stereocenters. The number of hydrogen-bond donors (Lipinski definition) is 4. The number of anilines is 1. The highest BCUT2D eigenvalue weighted by atomic mass is 127. The van der Waals surface area contributed by atoms with Crippen molar-refractivity contribution in [1.29, 1.82) is 0 Å². The summed E-state index contributed by atoms with van der Waals surface area (Å²) in [5.74, 6) is -4.18. The average Bonchev–Trinajstić information content (AvgIpc) is 2.36. The maximum Gasteiger partial charge on any atom is 0.342 e. The summed E-state index contributed by atoms with van der Waals surface area (Å²) in [4.78, 5) is 36.6. The summed E-state index contributed by atoms with van der Waals surface area (Å²) >= 11 is 1.71. The minimum absolute atomic E-state index is 0.0922. The fraction of sp³-hybridized carbons (Fsp3) is 0. The molecule has 0 aliphatic carbocycles. The first-order valence-corrected chi connectivity index (χ1v) is 6.79. The van der Waals surface area contributed by atoms with Gasteiger partial charge in [0.2, 0.25) is 0 Å². The Labute approximate surface area is 135 Å². The number of nitrogens with two attached hydrogens (primary N) is 1. The second-order valence-corrected chi connectivity index (χ2v) is 5.39. The van der Waals surface area contributed by atoms with Gasteiger partial charge >= 0.3 is 11.9 Å². The van der Waals surface area contributed by atoms with Gasteiger partial charge in [0, 0.05) is 9.13 Å². The third kappa shape index (κ3) is 2.66. The fourth-order valence-corrected chi connectivity index (χ4v) is 2.76. The van der Waals surface area contributed by atoms with Crippen LogP contribution in [0.15, 0.2) is 23.0 Å². The Bertz CT molecular complexity index is 862. The van der Waals surface area contributed by atoms with Gasteiger partial charge in [-0.05, 0) is 40.3 Å². The molecule has 0 spiro atoms. The van der Waals surface area contributed by atoms with Crippen molar-refractivity contribution in [2.24, 2.45) is 0 Å². The Balaban J connectivity index is 3.02. The van der Waals surface area contributed by atoms with Crippen LogP contribution in [0, 0.1) is 9.39 Å². The molecule has 0 aliphatic rings. The highest BCUT2D eigenvalue weighted by Gasteiger charge is 2.27. The van der Waals surface area contributed by atoms with Crippen LogP contribution in [0.4, 0.5) is 10.2 Å². The number of carboxylic acids is 2. The number of nitrogen functional groups attached to an aromatic ring is 1. The van der Waals surface area contributed by atoms with E-state index in [4.69, 9.17) is 5.73 Å². The van der Waals surface area contributed by atoms with Crippen molar-refractivity contribution in [3.05, 3.63) is 49.1 Å². The lowest BCUT2D eigenvalue weighted by molar-refractivity contribution is 0.0695. The van der Waals surface area contributed by atoms with E-state index < -0.39 is 40.3 Å². The molecule has 0 atom stereocenters. The van der Waals surface area contributed by atoms with Gasteiger partial charge in [-0.2, -0.15) is 0 Å². The molecule has 0 amide bonds. The number of carbonyl (C=O) groups is 2. The number of carboxylic acid groups (broad SMARTS) is 2. The Morgan fingerprint density at radius 2 is 1.77 bits per heavy atom. The van der Waals surface area contributed by atoms with Gasteiger partial charge in [-0.25, -0.2) is 14.0 Å². The first kappa shape index (κ1) is 15.9. The largest absolute Gasteiger partial charge is 0.478 e. The highest BCUT2D eigenvalue weighted by Crippen LogP contribution is 2.32. The quantitative estimate of drug-likeness (QED) is 0.562. The molecular weight excluding hydrogens is 410 g/mol. The first-order valence-electron chi connectivity index (χ1n) is 5.71. The zero-order valence-corrected chi connectivity index (χ0v) is 12.8. The lowest BCUT2D eigenvalue weighted by Gasteiger charge is -2.13. The fourth-order valence-electron chi connectivity index (χ4n) is 2.01. The molecule has 0 saturated carbocycles. The molecule has 22 heavy (non-hydrogen) atoms. The Kier molecular flexibility index (Phi) is 4.17. The lowest BCUT2D eigenvalue weighted by Crippen LogP contribution is -2.24. The summed E-state index contributed by atoms with van der Waals surface area (Å²) in [6.45, 7) is 0. The SMILES string of the molecule is Nc1[nH]c(=O)c(C(=O)O)c(-c2ccc(F)cc2I)c1C(=O)O. The molecule has 9 heteroatoms. The van der Waals surface area contributed by atoms with Crippen molar-refractivity contribution in [2.45, 2.75) is 0 Å². The number of rotatable bonds is 3. The summed E-state index contributed by atoms with van der Waals surface area (Å²) < 4.78 is 13.5. The van der Waals surface area contributed by atoms with E-state index in [2.05, 4.69) is 0 Å². The number of nitrogens with one attached hydrogen (secondary N) is 1. The number of benzene rings is 1. The molecular formula is C13H8FIN2O5. The van der Waals surface area contributed by atoms with E-state index in [-0.39, 0.29) is 14.7 Å². The number of aromatic nitrogens is 1. The normalized spacial score (nSPS) is 10.5. The summed E-state index contributed by atoms with van der Waals surface area (Å²) in [6.07, 6.45) is 0. The van der Waals surface area contributed by atoms with Crippen LogP contribution in [0.2, 0.25) is 0 Å². The molecule has 1 aromatic carbocycles. The standard InChI is InChI=1S/C13H8FIN2O5/c14-4-1-2-5(6(15)3-4)7-8(12(19)20)10(16)17-11(18)9(7)13(21)22/h1-3H,(H,19,20)(H,21,22)(H3,16,17,18). The smallest absolute Gasteiger partial charge is 0.342 e. The Morgan fingerprint density at radius 1 is 1.18 bits per heavy atom. The van der Waals surface area contributed by atoms with Gasteiger partial charge in [0.25, 0.3) is 5.56 Å². The Morgan fingerprint density at radius 3 is 2.27 bits per heavy atom. The monoisotopic (exact) mass is 418 g/mol. The number of aromatic amines is 1. The average molecular weight is 418 g/mol. The predicted octanol–water partition coefficient (Wildman–Crippen LogP) is 1.76. The zero-order valence-electron chi connectivity index (χ0n) is 10.7. The van der Waals surface area contributed by atoms with Crippen molar-refractivity contribution in [3.8, 4) is 11.1 Å². The van der Waals surface area contributed by atoms with Crippen LogP contribution in [-0.2, 0) is 0 Å². The molecule has 0 radical (unpaired) electrons. The molecule has 1 aromatic heterocycles. The first-order chi connectivity index (χ1) is 10.2. The van der Waals surface area contributed by atoms with Crippen LogP contribution in [-0.4, -0.2) is 27.1 Å². The topological polar surface area (TPSA) is 133 Å². The second-order valence-electron chi connectivity index (χ2n) is 4.23. The molecule has 0 aliphatic heterocycles. The molecule has 2 rings (SSSR count). The number of H-pyrrole nitrogens is 1. The van der Waals surface area contributed by atoms with Gasteiger partial charge in [0.05, 0.1) is 0 Å². The maximum absolute atomic E-state index is 13.2. The molecule has 114 valence electrons. The number of hydrogen-bond acceptors (Lipinski definition) is 4. The minimum atomic E-state index is -1.61. The summed E-state index contributed by atoms with van der Waals surface area (Å²) in [7, 11) is 0. The molecule has 2 aromatic rings. The van der Waals surface area contributed by atoms with Crippen LogP contribution >= 0.6 is 22.6 Å². The zero-order chi connectivity index (χ0) is 16.6. The van der Waals surface area contributed by atoms with Crippen LogP contribution in [0.1, 0.15) is 20.7 Å². The minimum Gasteiger partial charge on any atom is -0.478 e. The van der Waals surface area contributed by atoms with Crippen molar-refractivity contribution in [3.63, 3.8) is 0 Å². The third-order valence-corrected chi connectivity index (χ3v) is 3.77. The molecule has 1 heterocycles. The Hall–Kier alpha value is -2.43. The van der Waals surface area contributed by atoms with E-state index in [1.54, 1.807) is 22.6 Å². The number of halogens is 2. The van der Waals surface area contributed by atoms with Crippen LogP contribution < -0.4 is 11.3 Å². The van der Waals surface area contributed by atoms with E-state index in [9.17, 15) is 29.0 Å². The van der Waals surface area contributed by atoms with Gasteiger partial charge in [-0.3, -0.25) is 4.79 Å². The molecule has 0 saturated heterocycles. The van der Waals surface area contributed by atoms with Crippen LogP contribution in [0.25, 0.3) is 11.1 Å². The van der Waals surface area contributed by atoms with E-state index in [1.165, 1.54) is 6.07 Å². The van der Waals surface area contributed by atoms with Crippen molar-refractivity contribution in [1.82, 2.24) is 4.98 Å². The van der Waals surface area contributed by atoms with Gasteiger partial charge < -0.3 is 20.9 Å². The van der Waals surface area contributed by atoms with Crippen molar-refractivity contribution in [2.75, 3.05) is 5.73 Å². The van der Waals surface area contributed by atoms with Gasteiger partial charge in [0.15, 0.2) is 0 Å². The lowest BCUT2D eigenvalue weighted by atomic mass is 9.95. The van der Waals surface area contributed by atoms with Crippen LogP contribution in [0.5, 0.6) is 0 Å². The molecule has 0 fully saturated rings. The van der Waals surface area contributed by atoms with E-state index in [0.29, 0.717) is 0 Å². The van der Waals surface area contributed by atoms with E-state index >= 15 is 0 Å². The summed E-state index contributed by atoms with van der Waals surface area (Å²) in [5.41, 5.74) is 2.88. The molecule has 5 N–H and O–H groups in total. The second kappa shape index (κ2) is 5.75. The van der Waals surface area contributed by atoms with E-state index in [0.717, 1.165) is 12.1 Å².